The Kier molecular flexibility index (Phi) is 3.12. The summed E-state index contributed by atoms with van der Waals surface area (Å²) in [4.78, 5) is 16.7. The van der Waals surface area contributed by atoms with Crippen molar-refractivity contribution in [2.24, 2.45) is 28.2 Å². The maximum atomic E-state index is 12.3. The third-order valence-corrected chi connectivity index (χ3v) is 7.40. The first-order valence-electron chi connectivity index (χ1n) is 7.60. The van der Waals surface area contributed by atoms with Crippen LogP contribution in [0.25, 0.3) is 0 Å². The molecule has 2 bridgehead atoms. The number of amides is 1. The zero-order chi connectivity index (χ0) is 13.8. The molecule has 2 aliphatic carbocycles. The number of fused-ring (bicyclic) bond motifs is 2. The molecule has 0 radical (unpaired) electrons. The number of rotatable bonds is 2. The summed E-state index contributed by atoms with van der Waals surface area (Å²) in [6.07, 6.45) is 6.73. The molecule has 0 aromatic rings. The highest BCUT2D eigenvalue weighted by atomic mass is 32.2. The fraction of sp³-hybridized carbons (Fsp3) is 0.875. The van der Waals surface area contributed by atoms with Crippen LogP contribution in [0.15, 0.2) is 4.99 Å². The normalized spacial score (nSPS) is 42.0. The minimum atomic E-state index is -0.361. The summed E-state index contributed by atoms with van der Waals surface area (Å²) in [6.45, 7) is 8.51. The SMILES string of the molecule is CC(C)(C)[C@@]1(C)SC(C[C@H]2C[C@@H]3CC[C@H]2C3)=NC1=O. The van der Waals surface area contributed by atoms with Crippen LogP contribution in [0.3, 0.4) is 0 Å². The van der Waals surface area contributed by atoms with Crippen molar-refractivity contribution in [1.82, 2.24) is 0 Å². The van der Waals surface area contributed by atoms with Crippen LogP contribution in [-0.4, -0.2) is 15.7 Å². The summed E-state index contributed by atoms with van der Waals surface area (Å²) in [7, 11) is 0. The van der Waals surface area contributed by atoms with Crippen molar-refractivity contribution in [1.29, 1.82) is 0 Å². The second-order valence-corrected chi connectivity index (χ2v) is 9.33. The van der Waals surface area contributed by atoms with E-state index in [0.717, 1.165) is 29.2 Å². The van der Waals surface area contributed by atoms with Gasteiger partial charge in [-0.25, -0.2) is 4.99 Å². The molecule has 1 aliphatic heterocycles. The molecule has 2 fully saturated rings. The molecule has 106 valence electrons. The Balaban J connectivity index is 1.68. The summed E-state index contributed by atoms with van der Waals surface area (Å²) in [5, 5.41) is 1.11. The number of nitrogens with zero attached hydrogens (tertiary/aromatic N) is 1. The lowest BCUT2D eigenvalue weighted by Gasteiger charge is -2.35. The van der Waals surface area contributed by atoms with E-state index >= 15 is 0 Å². The molecule has 0 N–H and O–H groups in total. The van der Waals surface area contributed by atoms with Gasteiger partial charge in [-0.3, -0.25) is 4.79 Å². The Bertz CT molecular complexity index is 437. The van der Waals surface area contributed by atoms with Gasteiger partial charge in [0.1, 0.15) is 4.75 Å². The lowest BCUT2D eigenvalue weighted by molar-refractivity contribution is -0.121. The van der Waals surface area contributed by atoms with Crippen molar-refractivity contribution in [2.45, 2.75) is 64.5 Å². The van der Waals surface area contributed by atoms with Gasteiger partial charge in [-0.05, 0) is 55.8 Å². The van der Waals surface area contributed by atoms with Gasteiger partial charge < -0.3 is 0 Å². The molecule has 2 saturated carbocycles. The Labute approximate surface area is 120 Å². The maximum Gasteiger partial charge on any atom is 0.263 e. The van der Waals surface area contributed by atoms with Crippen LogP contribution in [0, 0.1) is 23.2 Å². The summed E-state index contributed by atoms with van der Waals surface area (Å²) >= 11 is 1.74. The summed E-state index contributed by atoms with van der Waals surface area (Å²) in [6, 6.07) is 0. The minimum absolute atomic E-state index is 0.0331. The molecule has 2 nitrogen and oxygen atoms in total. The number of carbonyl (C=O) groups is 1. The first kappa shape index (κ1) is 13.7. The lowest BCUT2D eigenvalue weighted by Crippen LogP contribution is -2.41. The van der Waals surface area contributed by atoms with Gasteiger partial charge >= 0.3 is 0 Å². The molecule has 19 heavy (non-hydrogen) atoms. The Morgan fingerprint density at radius 3 is 2.53 bits per heavy atom. The molecule has 0 spiro atoms. The number of aliphatic imine (C=N–C) groups is 1. The van der Waals surface area contributed by atoms with Gasteiger partial charge in [-0.15, -0.1) is 0 Å². The summed E-state index contributed by atoms with van der Waals surface area (Å²) in [5.41, 5.74) is -0.0331. The van der Waals surface area contributed by atoms with Crippen molar-refractivity contribution >= 4 is 22.7 Å². The maximum absolute atomic E-state index is 12.3. The van der Waals surface area contributed by atoms with E-state index in [2.05, 4.69) is 32.7 Å². The quantitative estimate of drug-likeness (QED) is 0.754. The third kappa shape index (κ3) is 2.18. The van der Waals surface area contributed by atoms with Gasteiger partial charge in [-0.1, -0.05) is 39.0 Å². The summed E-state index contributed by atoms with van der Waals surface area (Å²) in [5.74, 6) is 2.79. The molecule has 0 saturated heterocycles. The predicted octanol–water partition coefficient (Wildman–Crippen LogP) is 4.29. The van der Waals surface area contributed by atoms with Gasteiger partial charge in [-0.2, -0.15) is 0 Å². The molecular formula is C16H25NOS. The average molecular weight is 279 g/mol. The van der Waals surface area contributed by atoms with Gasteiger partial charge in [0.2, 0.25) is 0 Å². The van der Waals surface area contributed by atoms with Crippen molar-refractivity contribution in [3.8, 4) is 0 Å². The second kappa shape index (κ2) is 4.34. The van der Waals surface area contributed by atoms with Crippen LogP contribution >= 0.6 is 11.8 Å². The molecule has 3 rings (SSSR count). The minimum Gasteiger partial charge on any atom is -0.271 e. The summed E-state index contributed by atoms with van der Waals surface area (Å²) < 4.78 is -0.361. The largest absolute Gasteiger partial charge is 0.271 e. The van der Waals surface area contributed by atoms with E-state index < -0.39 is 0 Å². The zero-order valence-electron chi connectivity index (χ0n) is 12.5. The van der Waals surface area contributed by atoms with Gasteiger partial charge in [0.25, 0.3) is 5.91 Å². The molecular weight excluding hydrogens is 254 g/mol. The first-order chi connectivity index (χ1) is 8.79. The van der Waals surface area contributed by atoms with Crippen molar-refractivity contribution < 1.29 is 4.79 Å². The van der Waals surface area contributed by atoms with Crippen LogP contribution in [0.4, 0.5) is 0 Å². The van der Waals surface area contributed by atoms with Crippen LogP contribution < -0.4 is 0 Å². The van der Waals surface area contributed by atoms with E-state index in [4.69, 9.17) is 0 Å². The molecule has 1 heterocycles. The van der Waals surface area contributed by atoms with E-state index in [-0.39, 0.29) is 16.1 Å². The third-order valence-electron chi connectivity index (χ3n) is 5.71. The Hall–Kier alpha value is -0.310. The second-order valence-electron chi connectivity index (χ2n) is 7.84. The fourth-order valence-corrected chi connectivity index (χ4v) is 5.27. The lowest BCUT2D eigenvalue weighted by atomic mass is 9.80. The highest BCUT2D eigenvalue weighted by Gasteiger charge is 2.50. The van der Waals surface area contributed by atoms with Gasteiger partial charge in [0.05, 0.1) is 5.04 Å². The topological polar surface area (TPSA) is 29.4 Å². The molecule has 0 aromatic carbocycles. The molecule has 0 unspecified atom stereocenters. The smallest absolute Gasteiger partial charge is 0.263 e. The highest BCUT2D eigenvalue weighted by Crippen LogP contribution is 2.53. The molecule has 4 atom stereocenters. The van der Waals surface area contributed by atoms with Crippen molar-refractivity contribution in [2.75, 3.05) is 0 Å². The van der Waals surface area contributed by atoms with E-state index in [1.807, 2.05) is 0 Å². The average Bonchev–Trinajstić information content (AvgIpc) is 2.94. The first-order valence-corrected chi connectivity index (χ1v) is 8.42. The molecule has 1 amide bonds. The van der Waals surface area contributed by atoms with Gasteiger partial charge in [0.15, 0.2) is 0 Å². The van der Waals surface area contributed by atoms with Crippen LogP contribution in [-0.2, 0) is 4.79 Å². The zero-order valence-corrected chi connectivity index (χ0v) is 13.3. The van der Waals surface area contributed by atoms with Gasteiger partial charge in [0, 0.05) is 0 Å². The van der Waals surface area contributed by atoms with Crippen LogP contribution in [0.1, 0.15) is 59.8 Å². The van der Waals surface area contributed by atoms with Crippen molar-refractivity contribution in [3.05, 3.63) is 0 Å². The van der Waals surface area contributed by atoms with E-state index in [0.29, 0.717) is 0 Å². The Morgan fingerprint density at radius 2 is 2.05 bits per heavy atom. The van der Waals surface area contributed by atoms with Crippen LogP contribution in [0.2, 0.25) is 0 Å². The number of hydrogen-bond acceptors (Lipinski definition) is 2. The van der Waals surface area contributed by atoms with E-state index in [9.17, 15) is 4.79 Å². The molecule has 3 aliphatic rings. The van der Waals surface area contributed by atoms with E-state index in [1.165, 1.54) is 25.7 Å². The monoisotopic (exact) mass is 279 g/mol. The molecule has 0 aromatic heterocycles. The number of carbonyl (C=O) groups excluding carboxylic acids is 1. The Morgan fingerprint density at radius 1 is 1.32 bits per heavy atom. The molecule has 3 heteroatoms. The van der Waals surface area contributed by atoms with Crippen LogP contribution in [0.5, 0.6) is 0 Å². The fourth-order valence-electron chi connectivity index (χ4n) is 3.93. The van der Waals surface area contributed by atoms with E-state index in [1.54, 1.807) is 11.8 Å². The van der Waals surface area contributed by atoms with Crippen molar-refractivity contribution in [3.63, 3.8) is 0 Å². The predicted molar refractivity (Wildman–Crippen MR) is 81.4 cm³/mol. The standard InChI is InChI=1S/C16H25NOS/c1-15(2,3)16(4)14(18)17-13(19-16)9-12-8-10-5-6-11(12)7-10/h10-12H,5-9H2,1-4H3/t10-,11+,12-,16+/m1/s1. The highest BCUT2D eigenvalue weighted by molar-refractivity contribution is 8.16. The number of hydrogen-bond donors (Lipinski definition) is 0. The number of thioether (sulfide) groups is 1.